The summed E-state index contributed by atoms with van der Waals surface area (Å²) >= 11 is 3.23. The Kier molecular flexibility index (Phi) is 3.51. The molecule has 0 N–H and O–H groups in total. The summed E-state index contributed by atoms with van der Waals surface area (Å²) in [4.78, 5) is 15.6. The molecule has 2 aromatic rings. The molecule has 0 unspecified atom stereocenters. The van der Waals surface area contributed by atoms with Crippen LogP contribution in [0, 0.1) is 0 Å². The molecule has 0 radical (unpaired) electrons. The Bertz CT molecular complexity index is 522. The lowest BCUT2D eigenvalue weighted by Gasteiger charge is -2.05. The first-order chi connectivity index (χ1) is 7.77. The van der Waals surface area contributed by atoms with Gasteiger partial charge in [0.25, 0.3) is 5.56 Å². The van der Waals surface area contributed by atoms with Crippen molar-refractivity contribution < 1.29 is 0 Å². The van der Waals surface area contributed by atoms with Gasteiger partial charge in [0.2, 0.25) is 0 Å². The molecule has 2 aromatic heterocycles. The smallest absolute Gasteiger partial charge is 0.264 e. The van der Waals surface area contributed by atoms with Crippen LogP contribution in [0.1, 0.15) is 5.56 Å². The van der Waals surface area contributed by atoms with Crippen LogP contribution in [0.3, 0.4) is 0 Å². The molecule has 2 rings (SSSR count). The second-order valence-electron chi connectivity index (χ2n) is 3.46. The summed E-state index contributed by atoms with van der Waals surface area (Å²) in [6, 6.07) is 7.54. The van der Waals surface area contributed by atoms with Crippen LogP contribution in [0.4, 0.5) is 0 Å². The first-order valence-corrected chi connectivity index (χ1v) is 5.80. The number of rotatable bonds is 3. The van der Waals surface area contributed by atoms with Crippen molar-refractivity contribution in [2.45, 2.75) is 13.0 Å². The van der Waals surface area contributed by atoms with E-state index in [9.17, 15) is 4.79 Å². The summed E-state index contributed by atoms with van der Waals surface area (Å²) in [6.45, 7) is 0.683. The Hall–Kier alpha value is -1.42. The van der Waals surface area contributed by atoms with E-state index in [2.05, 4.69) is 20.9 Å². The molecule has 0 aromatic carbocycles. The third-order valence-corrected chi connectivity index (χ3v) is 2.97. The average molecular weight is 279 g/mol. The molecule has 0 aliphatic heterocycles. The molecule has 4 heteroatoms. The van der Waals surface area contributed by atoms with E-state index >= 15 is 0 Å². The zero-order valence-electron chi connectivity index (χ0n) is 8.64. The third kappa shape index (κ3) is 2.58. The molecule has 0 saturated heterocycles. The van der Waals surface area contributed by atoms with Crippen molar-refractivity contribution in [1.82, 2.24) is 9.55 Å². The van der Waals surface area contributed by atoms with Crippen molar-refractivity contribution in [2.24, 2.45) is 0 Å². The van der Waals surface area contributed by atoms with Crippen LogP contribution >= 0.6 is 15.9 Å². The van der Waals surface area contributed by atoms with Crippen LogP contribution in [0.5, 0.6) is 0 Å². The van der Waals surface area contributed by atoms with Gasteiger partial charge in [0, 0.05) is 25.1 Å². The molecule has 3 nitrogen and oxygen atoms in total. The number of halogens is 1. The molecule has 0 saturated carbocycles. The summed E-state index contributed by atoms with van der Waals surface area (Å²) in [5, 5.41) is 0. The Morgan fingerprint density at radius 2 is 2.00 bits per heavy atom. The summed E-state index contributed by atoms with van der Waals surface area (Å²) in [6.07, 6.45) is 6.16. The zero-order chi connectivity index (χ0) is 11.4. The normalized spacial score (nSPS) is 10.3. The van der Waals surface area contributed by atoms with Gasteiger partial charge in [-0.2, -0.15) is 0 Å². The maximum Gasteiger partial charge on any atom is 0.264 e. The molecule has 82 valence electrons. The Labute approximate surface area is 102 Å². The fraction of sp³-hybridized carbons (Fsp3) is 0.167. The standard InChI is InChI=1S/C12H11BrN2O/c13-11-2-1-8-15(12(11)16)9-5-10-3-6-14-7-4-10/h1-4,6-8H,5,9H2. The fourth-order valence-electron chi connectivity index (χ4n) is 1.48. The first kappa shape index (κ1) is 11.1. The maximum absolute atomic E-state index is 11.7. The number of aromatic nitrogens is 2. The van der Waals surface area contributed by atoms with E-state index in [1.165, 1.54) is 5.56 Å². The predicted octanol–water partition coefficient (Wildman–Crippen LogP) is 2.25. The highest BCUT2D eigenvalue weighted by atomic mass is 79.9. The molecule has 0 bridgehead atoms. The Balaban J connectivity index is 2.11. The Morgan fingerprint density at radius 1 is 1.25 bits per heavy atom. The minimum Gasteiger partial charge on any atom is -0.314 e. The minimum absolute atomic E-state index is 0.0107. The van der Waals surface area contributed by atoms with Gasteiger partial charge in [0.05, 0.1) is 4.47 Å². The number of nitrogens with zero attached hydrogens (tertiary/aromatic N) is 2. The van der Waals surface area contributed by atoms with Gasteiger partial charge >= 0.3 is 0 Å². The third-order valence-electron chi connectivity index (χ3n) is 2.36. The van der Waals surface area contributed by atoms with Crippen molar-refractivity contribution in [3.8, 4) is 0 Å². The van der Waals surface area contributed by atoms with Crippen molar-refractivity contribution in [3.63, 3.8) is 0 Å². The number of aryl methyl sites for hydroxylation is 2. The van der Waals surface area contributed by atoms with Gasteiger partial charge in [-0.1, -0.05) is 0 Å². The van der Waals surface area contributed by atoms with Crippen LogP contribution in [0.25, 0.3) is 0 Å². The van der Waals surface area contributed by atoms with Gasteiger partial charge in [0.1, 0.15) is 0 Å². The molecule has 0 spiro atoms. The first-order valence-electron chi connectivity index (χ1n) is 5.01. The van der Waals surface area contributed by atoms with Gasteiger partial charge in [-0.05, 0) is 52.2 Å². The molecular formula is C12H11BrN2O. The number of pyridine rings is 2. The van der Waals surface area contributed by atoms with Crippen LogP contribution in [-0.2, 0) is 13.0 Å². The quantitative estimate of drug-likeness (QED) is 0.863. The van der Waals surface area contributed by atoms with Gasteiger partial charge in [0.15, 0.2) is 0 Å². The lowest BCUT2D eigenvalue weighted by atomic mass is 10.2. The molecule has 0 aliphatic carbocycles. The topological polar surface area (TPSA) is 34.9 Å². The maximum atomic E-state index is 11.7. The fourth-order valence-corrected chi connectivity index (χ4v) is 1.86. The second kappa shape index (κ2) is 5.07. The van der Waals surface area contributed by atoms with Gasteiger partial charge in [-0.3, -0.25) is 9.78 Å². The van der Waals surface area contributed by atoms with Gasteiger partial charge in [-0.25, -0.2) is 0 Å². The summed E-state index contributed by atoms with van der Waals surface area (Å²) in [7, 11) is 0. The zero-order valence-corrected chi connectivity index (χ0v) is 10.2. The van der Waals surface area contributed by atoms with E-state index in [1.54, 1.807) is 29.2 Å². The highest BCUT2D eigenvalue weighted by Crippen LogP contribution is 2.03. The molecule has 2 heterocycles. The molecule has 0 amide bonds. The highest BCUT2D eigenvalue weighted by Gasteiger charge is 1.99. The minimum atomic E-state index is 0.0107. The molecular weight excluding hydrogens is 268 g/mol. The lowest BCUT2D eigenvalue weighted by Crippen LogP contribution is -2.20. The van der Waals surface area contributed by atoms with E-state index in [0.29, 0.717) is 11.0 Å². The molecule has 0 atom stereocenters. The van der Waals surface area contributed by atoms with Gasteiger partial charge < -0.3 is 4.57 Å². The van der Waals surface area contributed by atoms with E-state index < -0.39 is 0 Å². The molecule has 0 fully saturated rings. The van der Waals surface area contributed by atoms with E-state index in [4.69, 9.17) is 0 Å². The monoisotopic (exact) mass is 278 g/mol. The summed E-state index contributed by atoms with van der Waals surface area (Å²) in [5.41, 5.74) is 1.19. The van der Waals surface area contributed by atoms with E-state index in [1.807, 2.05) is 18.2 Å². The van der Waals surface area contributed by atoms with E-state index in [-0.39, 0.29) is 5.56 Å². The SMILES string of the molecule is O=c1c(Br)cccn1CCc1ccncc1. The van der Waals surface area contributed by atoms with Crippen LogP contribution < -0.4 is 5.56 Å². The summed E-state index contributed by atoms with van der Waals surface area (Å²) < 4.78 is 2.30. The van der Waals surface area contributed by atoms with Crippen LogP contribution in [0.2, 0.25) is 0 Å². The van der Waals surface area contributed by atoms with E-state index in [0.717, 1.165) is 6.42 Å². The summed E-state index contributed by atoms with van der Waals surface area (Å²) in [5.74, 6) is 0. The van der Waals surface area contributed by atoms with Crippen molar-refractivity contribution in [1.29, 1.82) is 0 Å². The highest BCUT2D eigenvalue weighted by molar-refractivity contribution is 9.10. The van der Waals surface area contributed by atoms with Crippen molar-refractivity contribution in [2.75, 3.05) is 0 Å². The van der Waals surface area contributed by atoms with Crippen LogP contribution in [0.15, 0.2) is 52.1 Å². The molecule has 16 heavy (non-hydrogen) atoms. The average Bonchev–Trinajstić information content (AvgIpc) is 2.32. The largest absolute Gasteiger partial charge is 0.314 e. The van der Waals surface area contributed by atoms with Crippen molar-refractivity contribution >= 4 is 15.9 Å². The number of hydrogen-bond donors (Lipinski definition) is 0. The second-order valence-corrected chi connectivity index (χ2v) is 4.31. The van der Waals surface area contributed by atoms with Crippen molar-refractivity contribution in [3.05, 3.63) is 63.2 Å². The van der Waals surface area contributed by atoms with Gasteiger partial charge in [-0.15, -0.1) is 0 Å². The Morgan fingerprint density at radius 3 is 2.75 bits per heavy atom. The van der Waals surface area contributed by atoms with Crippen LogP contribution in [-0.4, -0.2) is 9.55 Å². The predicted molar refractivity (Wildman–Crippen MR) is 66.3 cm³/mol. The lowest BCUT2D eigenvalue weighted by molar-refractivity contribution is 0.666. The number of hydrogen-bond acceptors (Lipinski definition) is 2. The molecule has 0 aliphatic rings.